The summed E-state index contributed by atoms with van der Waals surface area (Å²) in [5.74, 6) is 0.543. The molecule has 0 spiro atoms. The van der Waals surface area contributed by atoms with Gasteiger partial charge in [-0.25, -0.2) is 4.68 Å². The van der Waals surface area contributed by atoms with Gasteiger partial charge in [0.1, 0.15) is 12.1 Å². The fourth-order valence-corrected chi connectivity index (χ4v) is 2.81. The standard InChI is InChI=1S/C17H25N5O2S/c1-4-10-20(13-22-17(25)21(5-2)12-18-22)11-16(23)19-14-8-6-7-9-15(14)24-3/h6-9,12H,4-5,10-11,13H2,1-3H3,(H,19,23). The minimum Gasteiger partial charge on any atom is -0.495 e. The number of hydrogen-bond acceptors (Lipinski definition) is 5. The summed E-state index contributed by atoms with van der Waals surface area (Å²) >= 11 is 5.40. The second kappa shape index (κ2) is 9.33. The molecule has 0 saturated carbocycles. The number of ether oxygens (including phenoxy) is 1. The van der Waals surface area contributed by atoms with Crippen molar-refractivity contribution in [3.05, 3.63) is 35.4 Å². The van der Waals surface area contributed by atoms with E-state index in [1.54, 1.807) is 18.1 Å². The van der Waals surface area contributed by atoms with E-state index in [2.05, 4.69) is 17.3 Å². The Balaban J connectivity index is 2.03. The van der Waals surface area contributed by atoms with E-state index >= 15 is 0 Å². The Morgan fingerprint density at radius 2 is 2.12 bits per heavy atom. The number of nitrogens with zero attached hydrogens (tertiary/aromatic N) is 4. The van der Waals surface area contributed by atoms with Gasteiger partial charge in [-0.15, -0.1) is 0 Å². The molecule has 0 aliphatic rings. The fourth-order valence-electron chi connectivity index (χ4n) is 2.53. The number of nitrogens with one attached hydrogen (secondary N) is 1. The second-order valence-corrected chi connectivity index (χ2v) is 6.01. The Morgan fingerprint density at radius 3 is 2.76 bits per heavy atom. The number of anilines is 1. The predicted octanol–water partition coefficient (Wildman–Crippen LogP) is 2.75. The average molecular weight is 363 g/mol. The van der Waals surface area contributed by atoms with Gasteiger partial charge in [-0.3, -0.25) is 9.69 Å². The molecule has 8 heteroatoms. The smallest absolute Gasteiger partial charge is 0.238 e. The van der Waals surface area contributed by atoms with Gasteiger partial charge in [0.05, 0.1) is 26.0 Å². The Bertz CT molecular complexity index is 755. The van der Waals surface area contributed by atoms with Gasteiger partial charge in [0.2, 0.25) is 5.91 Å². The van der Waals surface area contributed by atoms with Crippen molar-refractivity contribution in [2.24, 2.45) is 0 Å². The van der Waals surface area contributed by atoms with Crippen molar-refractivity contribution in [1.29, 1.82) is 0 Å². The summed E-state index contributed by atoms with van der Waals surface area (Å²) in [6.07, 6.45) is 2.66. The maximum atomic E-state index is 12.4. The van der Waals surface area contributed by atoms with Crippen molar-refractivity contribution in [2.75, 3.05) is 25.5 Å². The van der Waals surface area contributed by atoms with Gasteiger partial charge < -0.3 is 14.6 Å². The topological polar surface area (TPSA) is 64.3 Å². The number of amides is 1. The van der Waals surface area contributed by atoms with Crippen LogP contribution in [0.5, 0.6) is 5.75 Å². The number of hydrogen-bond donors (Lipinski definition) is 1. The van der Waals surface area contributed by atoms with Crippen molar-refractivity contribution in [2.45, 2.75) is 33.5 Å². The predicted molar refractivity (Wildman–Crippen MR) is 100 cm³/mol. The van der Waals surface area contributed by atoms with Crippen LogP contribution in [0.25, 0.3) is 0 Å². The normalized spacial score (nSPS) is 10.9. The van der Waals surface area contributed by atoms with Crippen LogP contribution in [0.2, 0.25) is 0 Å². The molecule has 0 radical (unpaired) electrons. The lowest BCUT2D eigenvalue weighted by atomic mass is 10.3. The van der Waals surface area contributed by atoms with Gasteiger partial charge in [0.25, 0.3) is 0 Å². The molecule has 7 nitrogen and oxygen atoms in total. The zero-order valence-electron chi connectivity index (χ0n) is 14.9. The summed E-state index contributed by atoms with van der Waals surface area (Å²) < 4.78 is 9.57. The third kappa shape index (κ3) is 5.14. The molecule has 1 heterocycles. The van der Waals surface area contributed by atoms with Crippen molar-refractivity contribution >= 4 is 23.8 Å². The van der Waals surface area contributed by atoms with Crippen molar-refractivity contribution in [3.8, 4) is 5.75 Å². The molecule has 0 fully saturated rings. The number of rotatable bonds is 9. The second-order valence-electron chi connectivity index (χ2n) is 5.64. The molecule has 0 saturated heterocycles. The zero-order valence-corrected chi connectivity index (χ0v) is 15.8. The van der Waals surface area contributed by atoms with Crippen LogP contribution in [0.1, 0.15) is 20.3 Å². The largest absolute Gasteiger partial charge is 0.495 e. The van der Waals surface area contributed by atoms with Crippen molar-refractivity contribution in [3.63, 3.8) is 0 Å². The Kier molecular flexibility index (Phi) is 7.15. The van der Waals surface area contributed by atoms with Crippen LogP contribution in [0.15, 0.2) is 30.6 Å². The van der Waals surface area contributed by atoms with Crippen LogP contribution in [-0.4, -0.2) is 45.4 Å². The Labute approximate surface area is 153 Å². The molecule has 0 bridgehead atoms. The first-order valence-corrected chi connectivity index (χ1v) is 8.77. The van der Waals surface area contributed by atoms with Crippen LogP contribution in [0.4, 0.5) is 5.69 Å². The summed E-state index contributed by atoms with van der Waals surface area (Å²) in [7, 11) is 1.58. The molecule has 0 unspecified atom stereocenters. The van der Waals surface area contributed by atoms with Crippen molar-refractivity contribution < 1.29 is 9.53 Å². The quantitative estimate of drug-likeness (QED) is 0.694. The highest BCUT2D eigenvalue weighted by Gasteiger charge is 2.14. The minimum atomic E-state index is -0.0978. The van der Waals surface area contributed by atoms with E-state index in [-0.39, 0.29) is 12.5 Å². The van der Waals surface area contributed by atoms with Gasteiger partial charge in [0, 0.05) is 13.1 Å². The van der Waals surface area contributed by atoms with Gasteiger partial charge in [-0.05, 0) is 37.7 Å². The number of aryl methyl sites for hydroxylation is 1. The number of aromatic nitrogens is 3. The highest BCUT2D eigenvalue weighted by Crippen LogP contribution is 2.22. The molecule has 2 rings (SSSR count). The Hall–Kier alpha value is -2.19. The number of carbonyl (C=O) groups excluding carboxylic acids is 1. The first-order chi connectivity index (χ1) is 12.1. The monoisotopic (exact) mass is 363 g/mol. The van der Waals surface area contributed by atoms with Crippen LogP contribution in [0.3, 0.4) is 0 Å². The number of carbonyl (C=O) groups is 1. The lowest BCUT2D eigenvalue weighted by Crippen LogP contribution is -2.35. The molecule has 2 aromatic rings. The molecule has 1 N–H and O–H groups in total. The molecule has 1 aromatic carbocycles. The van der Waals surface area contributed by atoms with E-state index in [1.807, 2.05) is 40.7 Å². The molecular formula is C17H25N5O2S. The van der Waals surface area contributed by atoms with E-state index in [9.17, 15) is 4.79 Å². The van der Waals surface area contributed by atoms with Crippen LogP contribution < -0.4 is 10.1 Å². The lowest BCUT2D eigenvalue weighted by Gasteiger charge is -2.21. The summed E-state index contributed by atoms with van der Waals surface area (Å²) in [5.41, 5.74) is 0.665. The van der Waals surface area contributed by atoms with Gasteiger partial charge in [-0.2, -0.15) is 5.10 Å². The zero-order chi connectivity index (χ0) is 18.2. The van der Waals surface area contributed by atoms with E-state index in [4.69, 9.17) is 17.0 Å². The fraction of sp³-hybridized carbons (Fsp3) is 0.471. The molecule has 0 aliphatic heterocycles. The molecule has 1 aromatic heterocycles. The molecule has 0 aliphatic carbocycles. The molecule has 25 heavy (non-hydrogen) atoms. The average Bonchev–Trinajstić information content (AvgIpc) is 2.95. The summed E-state index contributed by atoms with van der Waals surface area (Å²) in [5, 5.41) is 7.21. The van der Waals surface area contributed by atoms with Gasteiger partial charge >= 0.3 is 0 Å². The summed E-state index contributed by atoms with van der Waals surface area (Å²) in [4.78, 5) is 14.5. The molecule has 0 atom stereocenters. The van der Waals surface area contributed by atoms with Crippen LogP contribution in [-0.2, 0) is 18.0 Å². The minimum absolute atomic E-state index is 0.0978. The van der Waals surface area contributed by atoms with Gasteiger partial charge in [-0.1, -0.05) is 19.1 Å². The number of benzene rings is 1. The summed E-state index contributed by atoms with van der Waals surface area (Å²) in [6.45, 7) is 6.40. The van der Waals surface area contributed by atoms with E-state index in [1.165, 1.54) is 0 Å². The highest BCUT2D eigenvalue weighted by molar-refractivity contribution is 7.71. The highest BCUT2D eigenvalue weighted by atomic mass is 32.1. The first-order valence-electron chi connectivity index (χ1n) is 8.36. The van der Waals surface area contributed by atoms with E-state index in [0.717, 1.165) is 19.5 Å². The van der Waals surface area contributed by atoms with Gasteiger partial charge in [0.15, 0.2) is 4.77 Å². The molecule has 1 amide bonds. The van der Waals surface area contributed by atoms with Crippen LogP contribution >= 0.6 is 12.2 Å². The maximum absolute atomic E-state index is 12.4. The third-order valence-corrected chi connectivity index (χ3v) is 4.20. The number of para-hydroxylation sites is 2. The summed E-state index contributed by atoms with van der Waals surface area (Å²) in [6, 6.07) is 7.36. The van der Waals surface area contributed by atoms with Crippen LogP contribution in [0, 0.1) is 4.77 Å². The number of methoxy groups -OCH3 is 1. The van der Waals surface area contributed by atoms with E-state index < -0.39 is 0 Å². The maximum Gasteiger partial charge on any atom is 0.238 e. The van der Waals surface area contributed by atoms with Crippen molar-refractivity contribution in [1.82, 2.24) is 19.2 Å². The third-order valence-electron chi connectivity index (χ3n) is 3.76. The van der Waals surface area contributed by atoms with E-state index in [0.29, 0.717) is 22.9 Å². The molecular weight excluding hydrogens is 338 g/mol. The molecule has 136 valence electrons. The Morgan fingerprint density at radius 1 is 1.36 bits per heavy atom. The SMILES string of the molecule is CCCN(CC(=O)Nc1ccccc1OC)Cn1ncn(CC)c1=S. The first kappa shape index (κ1) is 19.1. The lowest BCUT2D eigenvalue weighted by molar-refractivity contribution is -0.117.